The average molecular weight is 322 g/mol. The van der Waals surface area contributed by atoms with E-state index in [1.54, 1.807) is 6.26 Å². The molecule has 0 spiro atoms. The molecule has 0 unspecified atom stereocenters. The van der Waals surface area contributed by atoms with E-state index in [9.17, 15) is 9.59 Å². The first-order chi connectivity index (χ1) is 11.7. The van der Waals surface area contributed by atoms with Gasteiger partial charge in [-0.25, -0.2) is 0 Å². The fourth-order valence-electron chi connectivity index (χ4n) is 3.33. The summed E-state index contributed by atoms with van der Waals surface area (Å²) in [7, 11) is 0. The zero-order chi connectivity index (χ0) is 16.5. The number of furan rings is 1. The molecule has 0 aliphatic carbocycles. The Balaban J connectivity index is 1.61. The molecule has 122 valence electrons. The van der Waals surface area contributed by atoms with Crippen molar-refractivity contribution in [2.24, 2.45) is 0 Å². The zero-order valence-electron chi connectivity index (χ0n) is 13.2. The molecule has 5 heteroatoms. The number of hydrogen-bond acceptors (Lipinski definition) is 3. The molecule has 2 amide bonds. The summed E-state index contributed by atoms with van der Waals surface area (Å²) in [5.41, 5.74) is 1.61. The molecule has 0 radical (unpaired) electrons. The second kappa shape index (κ2) is 6.00. The number of amides is 2. The van der Waals surface area contributed by atoms with Gasteiger partial charge in [-0.3, -0.25) is 9.59 Å². The lowest BCUT2D eigenvalue weighted by molar-refractivity contribution is -0.129. The number of rotatable bonds is 3. The first-order valence-corrected chi connectivity index (χ1v) is 8.17. The molecule has 1 aromatic heterocycles. The predicted molar refractivity (Wildman–Crippen MR) is 91.6 cm³/mol. The number of piperidine rings is 1. The molecule has 4 rings (SSSR count). The van der Waals surface area contributed by atoms with Crippen molar-refractivity contribution >= 4 is 33.6 Å². The third kappa shape index (κ3) is 2.62. The van der Waals surface area contributed by atoms with Crippen molar-refractivity contribution in [3.8, 4) is 0 Å². The second-order valence-electron chi connectivity index (χ2n) is 6.15. The highest BCUT2D eigenvalue weighted by Gasteiger charge is 2.24. The fourth-order valence-corrected chi connectivity index (χ4v) is 3.33. The molecule has 0 bridgehead atoms. The summed E-state index contributed by atoms with van der Waals surface area (Å²) >= 11 is 0. The van der Waals surface area contributed by atoms with Gasteiger partial charge >= 0.3 is 0 Å². The van der Waals surface area contributed by atoms with E-state index in [1.807, 2.05) is 36.4 Å². The van der Waals surface area contributed by atoms with E-state index >= 15 is 0 Å². The molecule has 1 saturated heterocycles. The van der Waals surface area contributed by atoms with Crippen molar-refractivity contribution in [3.63, 3.8) is 0 Å². The van der Waals surface area contributed by atoms with Crippen LogP contribution in [-0.4, -0.2) is 24.4 Å². The average Bonchev–Trinajstić information content (AvgIpc) is 3.00. The number of nitrogens with one attached hydrogen (secondary N) is 2. The van der Waals surface area contributed by atoms with Crippen LogP contribution in [0.2, 0.25) is 0 Å². The van der Waals surface area contributed by atoms with Crippen molar-refractivity contribution in [1.82, 2.24) is 10.6 Å². The molecule has 3 aromatic rings. The highest BCUT2D eigenvalue weighted by atomic mass is 16.3. The van der Waals surface area contributed by atoms with Crippen molar-refractivity contribution in [3.05, 3.63) is 48.2 Å². The molecule has 24 heavy (non-hydrogen) atoms. The van der Waals surface area contributed by atoms with Gasteiger partial charge in [-0.15, -0.1) is 0 Å². The van der Waals surface area contributed by atoms with Crippen molar-refractivity contribution in [2.45, 2.75) is 25.3 Å². The van der Waals surface area contributed by atoms with Gasteiger partial charge in [0.2, 0.25) is 11.8 Å². The lowest BCUT2D eigenvalue weighted by Crippen LogP contribution is -2.50. The Morgan fingerprint density at radius 2 is 2.12 bits per heavy atom. The summed E-state index contributed by atoms with van der Waals surface area (Å²) < 4.78 is 5.61. The molecule has 5 nitrogen and oxygen atoms in total. The van der Waals surface area contributed by atoms with Gasteiger partial charge in [0, 0.05) is 17.5 Å². The molecular formula is C19H18N2O3. The fraction of sp³-hybridized carbons (Fsp3) is 0.263. The topological polar surface area (TPSA) is 71.3 Å². The minimum absolute atomic E-state index is 0.0999. The van der Waals surface area contributed by atoms with Crippen LogP contribution < -0.4 is 10.6 Å². The Hall–Kier alpha value is -2.82. The minimum atomic E-state index is -0.429. The van der Waals surface area contributed by atoms with Gasteiger partial charge in [-0.2, -0.15) is 0 Å². The second-order valence-corrected chi connectivity index (χ2v) is 6.15. The first kappa shape index (κ1) is 14.8. The third-order valence-electron chi connectivity index (χ3n) is 4.51. The Morgan fingerprint density at radius 3 is 3.00 bits per heavy atom. The largest absolute Gasteiger partial charge is 0.464 e. The quantitative estimate of drug-likeness (QED) is 0.778. The van der Waals surface area contributed by atoms with Gasteiger partial charge in [0.15, 0.2) is 0 Å². The number of fused-ring (bicyclic) bond motifs is 3. The van der Waals surface area contributed by atoms with E-state index in [0.717, 1.165) is 33.7 Å². The first-order valence-electron chi connectivity index (χ1n) is 8.17. The van der Waals surface area contributed by atoms with Gasteiger partial charge in [-0.1, -0.05) is 30.3 Å². The third-order valence-corrected chi connectivity index (χ3v) is 4.51. The van der Waals surface area contributed by atoms with Crippen molar-refractivity contribution < 1.29 is 14.0 Å². The van der Waals surface area contributed by atoms with E-state index in [-0.39, 0.29) is 18.2 Å². The number of benzene rings is 2. The molecule has 0 saturated carbocycles. The number of carbonyl (C=O) groups is 2. The summed E-state index contributed by atoms with van der Waals surface area (Å²) in [6.45, 7) is 0.684. The van der Waals surface area contributed by atoms with Gasteiger partial charge in [0.25, 0.3) is 0 Å². The highest BCUT2D eigenvalue weighted by molar-refractivity contribution is 6.08. The Morgan fingerprint density at radius 1 is 1.25 bits per heavy atom. The molecule has 2 aromatic carbocycles. The maximum absolute atomic E-state index is 12.4. The number of hydrogen-bond donors (Lipinski definition) is 2. The minimum Gasteiger partial charge on any atom is -0.464 e. The summed E-state index contributed by atoms with van der Waals surface area (Å²) in [6.07, 6.45) is 3.41. The van der Waals surface area contributed by atoms with Crippen LogP contribution in [0, 0.1) is 0 Å². The lowest BCUT2D eigenvalue weighted by Gasteiger charge is -2.22. The highest BCUT2D eigenvalue weighted by Crippen LogP contribution is 2.30. The van der Waals surface area contributed by atoms with Crippen LogP contribution in [0.5, 0.6) is 0 Å². The van der Waals surface area contributed by atoms with Gasteiger partial charge < -0.3 is 15.1 Å². The Labute approximate surface area is 139 Å². The molecular weight excluding hydrogens is 304 g/mol. The van der Waals surface area contributed by atoms with Crippen LogP contribution in [0.3, 0.4) is 0 Å². The summed E-state index contributed by atoms with van der Waals surface area (Å²) in [5.74, 6) is -0.259. The van der Waals surface area contributed by atoms with Gasteiger partial charge in [0.05, 0.1) is 12.7 Å². The van der Waals surface area contributed by atoms with E-state index < -0.39 is 6.04 Å². The van der Waals surface area contributed by atoms with Crippen molar-refractivity contribution in [1.29, 1.82) is 0 Å². The molecule has 1 aliphatic rings. The number of carbonyl (C=O) groups excluding carboxylic acids is 2. The Bertz CT molecular complexity index is 929. The van der Waals surface area contributed by atoms with Gasteiger partial charge in [-0.05, 0) is 29.7 Å². The summed E-state index contributed by atoms with van der Waals surface area (Å²) in [5, 5.41) is 8.76. The normalized spacial score (nSPS) is 17.8. The standard InChI is InChI=1S/C19H18N2O3/c22-17(21-15-6-3-9-20-19(15)23)10-13-11-24-16-8-7-12-4-1-2-5-14(12)18(13)16/h1-2,4-5,7-8,11,15H,3,6,9-10H2,(H,20,23)(H,21,22)/t15-/m0/s1. The molecule has 1 atom stereocenters. The SMILES string of the molecule is O=C(Cc1coc2ccc3ccccc3c12)N[C@H]1CCCNC1=O. The molecule has 1 aliphatic heterocycles. The molecule has 2 N–H and O–H groups in total. The van der Waals surface area contributed by atoms with Crippen LogP contribution in [0.4, 0.5) is 0 Å². The molecule has 1 fully saturated rings. The van der Waals surface area contributed by atoms with Crippen LogP contribution in [0.25, 0.3) is 21.7 Å². The lowest BCUT2D eigenvalue weighted by atomic mass is 10.0. The maximum atomic E-state index is 12.4. The monoisotopic (exact) mass is 322 g/mol. The predicted octanol–water partition coefficient (Wildman–Crippen LogP) is 2.52. The van der Waals surface area contributed by atoms with E-state index in [1.165, 1.54) is 0 Å². The Kier molecular flexibility index (Phi) is 3.69. The van der Waals surface area contributed by atoms with Crippen LogP contribution in [0.1, 0.15) is 18.4 Å². The molecule has 2 heterocycles. The van der Waals surface area contributed by atoms with Crippen molar-refractivity contribution in [2.75, 3.05) is 6.54 Å². The van der Waals surface area contributed by atoms with E-state index in [0.29, 0.717) is 13.0 Å². The zero-order valence-corrected chi connectivity index (χ0v) is 13.2. The summed E-state index contributed by atoms with van der Waals surface area (Å²) in [6, 6.07) is 11.5. The van der Waals surface area contributed by atoms with E-state index in [4.69, 9.17) is 4.42 Å². The van der Waals surface area contributed by atoms with Crippen LogP contribution in [0.15, 0.2) is 47.1 Å². The summed E-state index contributed by atoms with van der Waals surface area (Å²) in [4.78, 5) is 24.1. The van der Waals surface area contributed by atoms with E-state index in [2.05, 4.69) is 10.6 Å². The van der Waals surface area contributed by atoms with Crippen LogP contribution >= 0.6 is 0 Å². The maximum Gasteiger partial charge on any atom is 0.242 e. The van der Waals surface area contributed by atoms with Gasteiger partial charge in [0.1, 0.15) is 11.6 Å². The van der Waals surface area contributed by atoms with Crippen LogP contribution in [-0.2, 0) is 16.0 Å². The smallest absolute Gasteiger partial charge is 0.242 e.